The Bertz CT molecular complexity index is 612. The van der Waals surface area contributed by atoms with Gasteiger partial charge in [-0.3, -0.25) is 0 Å². The van der Waals surface area contributed by atoms with Crippen molar-refractivity contribution in [2.24, 2.45) is 5.18 Å². The first kappa shape index (κ1) is 15.5. The molecule has 1 unspecified atom stereocenters. The van der Waals surface area contributed by atoms with Crippen molar-refractivity contribution < 1.29 is 47.6 Å². The fraction of sp³-hybridized carbons (Fsp3) is 0.200. The molecular formula is C10H8NNaO5S. The summed E-state index contributed by atoms with van der Waals surface area (Å²) in [4.78, 5) is 8.03. The van der Waals surface area contributed by atoms with E-state index in [1.54, 1.807) is 6.07 Å². The van der Waals surface area contributed by atoms with Gasteiger partial charge in [-0.15, -0.1) is 4.91 Å². The van der Waals surface area contributed by atoms with Gasteiger partial charge in [0.25, 0.3) is 0 Å². The molecule has 0 amide bonds. The number of benzene rings is 1. The fourth-order valence-corrected chi connectivity index (χ4v) is 2.56. The van der Waals surface area contributed by atoms with Crippen molar-refractivity contribution in [3.8, 4) is 0 Å². The molecule has 0 aromatic heterocycles. The Labute approximate surface area is 126 Å². The number of rotatable bonds is 2. The van der Waals surface area contributed by atoms with Crippen molar-refractivity contribution in [2.45, 2.75) is 11.4 Å². The molecular weight excluding hydrogens is 269 g/mol. The second-order valence-corrected chi connectivity index (χ2v) is 5.25. The Morgan fingerprint density at radius 3 is 2.50 bits per heavy atom. The van der Waals surface area contributed by atoms with Crippen LogP contribution in [0.3, 0.4) is 0 Å². The van der Waals surface area contributed by atoms with Gasteiger partial charge in [0.05, 0.1) is 0 Å². The van der Waals surface area contributed by atoms with Crippen LogP contribution >= 0.6 is 0 Å². The summed E-state index contributed by atoms with van der Waals surface area (Å²) < 4.78 is 33.4. The average molecular weight is 277 g/mol. The fourth-order valence-electron chi connectivity index (χ4n) is 1.83. The van der Waals surface area contributed by atoms with Crippen molar-refractivity contribution in [1.82, 2.24) is 0 Å². The number of hydrogen-bond donors (Lipinski definition) is 1. The monoisotopic (exact) mass is 277 g/mol. The molecule has 0 saturated carbocycles. The summed E-state index contributed by atoms with van der Waals surface area (Å²) in [6.45, 7) is 0. The molecule has 1 N–H and O–H groups in total. The zero-order valence-corrected chi connectivity index (χ0v) is 12.3. The van der Waals surface area contributed by atoms with Gasteiger partial charge in [-0.25, -0.2) is 8.42 Å². The molecule has 0 heterocycles. The predicted octanol–water partition coefficient (Wildman–Crippen LogP) is -2.11. The van der Waals surface area contributed by atoms with Gasteiger partial charge in [0, 0.05) is 17.5 Å². The standard InChI is InChI=1S/C10H9NO5S.Na/c12-10(17(14,15)16)6-5-9(11-13)7-3-1-2-4-8(7)10;/h1-5,12H,6H2,(H,14,15,16);/q;+1/p-1. The molecule has 0 aliphatic heterocycles. The molecule has 8 heteroatoms. The SMILES string of the molecule is O=NC1=CCC(O)(S(=O)(=O)[O-])c2ccccc21.[Na+]. The Balaban J connectivity index is 0.00000162. The third-order valence-corrected chi connectivity index (χ3v) is 3.92. The van der Waals surface area contributed by atoms with Crippen LogP contribution in [0.4, 0.5) is 0 Å². The van der Waals surface area contributed by atoms with E-state index in [2.05, 4.69) is 5.18 Å². The van der Waals surface area contributed by atoms with Crippen LogP contribution in [-0.4, -0.2) is 18.1 Å². The summed E-state index contributed by atoms with van der Waals surface area (Å²) in [5, 5.41) is 12.7. The van der Waals surface area contributed by atoms with Crippen LogP contribution in [0.5, 0.6) is 0 Å². The molecule has 1 aliphatic carbocycles. The number of aliphatic hydroxyl groups is 1. The number of nitrogens with zero attached hydrogens (tertiary/aromatic N) is 1. The van der Waals surface area contributed by atoms with Gasteiger partial charge in [0.15, 0.2) is 4.93 Å². The van der Waals surface area contributed by atoms with Gasteiger partial charge in [0.2, 0.25) is 0 Å². The van der Waals surface area contributed by atoms with Crippen LogP contribution in [0.25, 0.3) is 5.70 Å². The Hall–Kier alpha value is -0.570. The van der Waals surface area contributed by atoms with E-state index in [1.165, 1.54) is 18.2 Å². The topological polar surface area (TPSA) is 107 Å². The number of fused-ring (bicyclic) bond motifs is 1. The van der Waals surface area contributed by atoms with Gasteiger partial charge in [-0.05, 0) is 5.18 Å². The predicted molar refractivity (Wildman–Crippen MR) is 58.4 cm³/mol. The van der Waals surface area contributed by atoms with Gasteiger partial charge < -0.3 is 9.66 Å². The zero-order chi connectivity index (χ0) is 12.7. The smallest absolute Gasteiger partial charge is 0.745 e. The molecule has 0 saturated heterocycles. The summed E-state index contributed by atoms with van der Waals surface area (Å²) in [5.41, 5.74) is 0.0803. The Morgan fingerprint density at radius 1 is 1.33 bits per heavy atom. The van der Waals surface area contributed by atoms with E-state index in [0.29, 0.717) is 0 Å². The van der Waals surface area contributed by atoms with E-state index >= 15 is 0 Å². The van der Waals surface area contributed by atoms with E-state index in [0.717, 1.165) is 6.08 Å². The molecule has 1 aliphatic rings. The number of hydrogen-bond acceptors (Lipinski definition) is 6. The van der Waals surface area contributed by atoms with Crippen molar-refractivity contribution in [3.63, 3.8) is 0 Å². The van der Waals surface area contributed by atoms with E-state index in [-0.39, 0.29) is 46.4 Å². The largest absolute Gasteiger partial charge is 1.00 e. The summed E-state index contributed by atoms with van der Waals surface area (Å²) in [6, 6.07) is 5.75. The van der Waals surface area contributed by atoms with Gasteiger partial charge in [-0.1, -0.05) is 30.3 Å². The van der Waals surface area contributed by atoms with Crippen molar-refractivity contribution in [3.05, 3.63) is 46.4 Å². The second kappa shape index (κ2) is 5.20. The van der Waals surface area contributed by atoms with Crippen molar-refractivity contribution >= 4 is 15.8 Å². The minimum Gasteiger partial charge on any atom is -0.745 e. The first-order valence-corrected chi connectivity index (χ1v) is 6.12. The molecule has 0 fully saturated rings. The molecule has 2 rings (SSSR count). The maximum atomic E-state index is 11.1. The van der Waals surface area contributed by atoms with Crippen molar-refractivity contribution in [1.29, 1.82) is 0 Å². The molecule has 1 atom stereocenters. The van der Waals surface area contributed by atoms with Crippen LogP contribution in [0.1, 0.15) is 17.5 Å². The zero-order valence-electron chi connectivity index (χ0n) is 9.53. The average Bonchev–Trinajstić information content (AvgIpc) is 2.28. The van der Waals surface area contributed by atoms with E-state index in [4.69, 9.17) is 0 Å². The third kappa shape index (κ3) is 2.29. The van der Waals surface area contributed by atoms with Crippen LogP contribution in [0, 0.1) is 4.91 Å². The quantitative estimate of drug-likeness (QED) is 0.378. The van der Waals surface area contributed by atoms with Crippen LogP contribution in [-0.2, 0) is 15.1 Å². The van der Waals surface area contributed by atoms with Gasteiger partial charge in [-0.2, -0.15) is 0 Å². The molecule has 1 aromatic rings. The maximum Gasteiger partial charge on any atom is 1.00 e. The molecule has 90 valence electrons. The van der Waals surface area contributed by atoms with Gasteiger partial charge in [0.1, 0.15) is 15.8 Å². The molecule has 1 aromatic carbocycles. The van der Waals surface area contributed by atoms with E-state index in [1.807, 2.05) is 0 Å². The molecule has 0 radical (unpaired) electrons. The van der Waals surface area contributed by atoms with E-state index < -0.39 is 21.5 Å². The Kier molecular flexibility index (Phi) is 4.47. The normalized spacial score (nSPS) is 22.4. The first-order valence-electron chi connectivity index (χ1n) is 4.71. The Morgan fingerprint density at radius 2 is 1.94 bits per heavy atom. The summed E-state index contributed by atoms with van der Waals surface area (Å²) in [7, 11) is -4.95. The van der Waals surface area contributed by atoms with Gasteiger partial charge >= 0.3 is 29.6 Å². The molecule has 18 heavy (non-hydrogen) atoms. The van der Waals surface area contributed by atoms with Crippen LogP contribution in [0.15, 0.2) is 35.5 Å². The van der Waals surface area contributed by atoms with E-state index in [9.17, 15) is 23.0 Å². The second-order valence-electron chi connectivity index (χ2n) is 3.67. The molecule has 0 spiro atoms. The number of nitroso groups, excluding NO2 is 1. The summed E-state index contributed by atoms with van der Waals surface area (Å²) >= 11 is 0. The summed E-state index contributed by atoms with van der Waals surface area (Å²) in [5.74, 6) is 0. The third-order valence-electron chi connectivity index (χ3n) is 2.71. The van der Waals surface area contributed by atoms with Crippen LogP contribution < -0.4 is 29.6 Å². The van der Waals surface area contributed by atoms with Crippen molar-refractivity contribution in [2.75, 3.05) is 0 Å². The maximum absolute atomic E-state index is 11.1. The first-order chi connectivity index (χ1) is 7.90. The minimum atomic E-state index is -4.95. The molecule has 0 bridgehead atoms. The minimum absolute atomic E-state index is 0. The molecule has 6 nitrogen and oxygen atoms in total. The summed E-state index contributed by atoms with van der Waals surface area (Å²) in [6.07, 6.45) is 0.668. The van der Waals surface area contributed by atoms with Crippen LogP contribution in [0.2, 0.25) is 0 Å².